The highest BCUT2D eigenvalue weighted by Crippen LogP contribution is 2.49. The average Bonchev–Trinajstić information content (AvgIpc) is 3.07. The normalized spacial score (nSPS) is 18.2. The summed E-state index contributed by atoms with van der Waals surface area (Å²) in [5.74, 6) is -0.0471. The number of hydrogen-bond acceptors (Lipinski definition) is 4. The lowest BCUT2D eigenvalue weighted by Gasteiger charge is -2.24. The van der Waals surface area contributed by atoms with Gasteiger partial charge in [0.25, 0.3) is 0 Å². The third-order valence-corrected chi connectivity index (χ3v) is 5.34. The van der Waals surface area contributed by atoms with Crippen molar-refractivity contribution < 1.29 is 18.5 Å². The Labute approximate surface area is 123 Å². The van der Waals surface area contributed by atoms with Crippen LogP contribution in [0.3, 0.4) is 0 Å². The molecule has 0 heterocycles. The lowest BCUT2D eigenvalue weighted by atomic mass is 10.0. The minimum absolute atomic E-state index is 0.00630. The second-order valence-electron chi connectivity index (χ2n) is 6.27. The summed E-state index contributed by atoms with van der Waals surface area (Å²) in [4.78, 5) is 23.1. The van der Waals surface area contributed by atoms with Gasteiger partial charge in [0.05, 0.1) is 13.5 Å². The van der Waals surface area contributed by atoms with Crippen molar-refractivity contribution in [3.05, 3.63) is 0 Å². The van der Waals surface area contributed by atoms with E-state index in [1.165, 1.54) is 7.11 Å². The van der Waals surface area contributed by atoms with Gasteiger partial charge in [-0.05, 0) is 38.5 Å². The number of nitrogens with one attached hydrogen (secondary N) is 1. The van der Waals surface area contributed by atoms with Crippen molar-refractivity contribution in [3.63, 3.8) is 0 Å². The maximum absolute atomic E-state index is 12.1. The van der Waals surface area contributed by atoms with Crippen LogP contribution >= 0.6 is 0 Å². The maximum Gasteiger partial charge on any atom is 0.306 e. The molecule has 116 valence electrons. The minimum Gasteiger partial charge on any atom is -0.469 e. The summed E-state index contributed by atoms with van der Waals surface area (Å²) >= 11 is 0. The largest absolute Gasteiger partial charge is 0.469 e. The molecule has 1 fully saturated rings. The summed E-state index contributed by atoms with van der Waals surface area (Å²) in [7, 11) is 0.125. The quantitative estimate of drug-likeness (QED) is 0.688. The SMILES string of the molecule is CCC(C)(C)NC(=O)CS(=O)CC1(CC(=O)OC)CC1. The lowest BCUT2D eigenvalue weighted by Crippen LogP contribution is -2.45. The van der Waals surface area contributed by atoms with Crippen LogP contribution in [-0.2, 0) is 25.1 Å². The molecule has 0 aromatic carbocycles. The van der Waals surface area contributed by atoms with Crippen molar-refractivity contribution in [2.75, 3.05) is 18.6 Å². The first-order chi connectivity index (χ1) is 9.22. The van der Waals surface area contributed by atoms with Crippen LogP contribution in [0.25, 0.3) is 0 Å². The van der Waals surface area contributed by atoms with E-state index >= 15 is 0 Å². The fourth-order valence-corrected chi connectivity index (χ4v) is 3.51. The molecule has 0 saturated heterocycles. The Hall–Kier alpha value is -0.910. The van der Waals surface area contributed by atoms with Crippen molar-refractivity contribution >= 4 is 22.7 Å². The average molecular weight is 303 g/mol. The number of amides is 1. The van der Waals surface area contributed by atoms with Crippen molar-refractivity contribution in [1.82, 2.24) is 5.32 Å². The number of carbonyl (C=O) groups is 2. The molecule has 1 saturated carbocycles. The van der Waals surface area contributed by atoms with E-state index in [2.05, 4.69) is 10.1 Å². The molecule has 6 heteroatoms. The monoisotopic (exact) mass is 303 g/mol. The van der Waals surface area contributed by atoms with E-state index in [1.54, 1.807) is 0 Å². The molecule has 5 nitrogen and oxygen atoms in total. The van der Waals surface area contributed by atoms with Gasteiger partial charge in [0.2, 0.25) is 5.91 Å². The lowest BCUT2D eigenvalue weighted by molar-refractivity contribution is -0.141. The molecule has 0 aliphatic heterocycles. The van der Waals surface area contributed by atoms with E-state index in [9.17, 15) is 13.8 Å². The van der Waals surface area contributed by atoms with E-state index in [4.69, 9.17) is 0 Å². The van der Waals surface area contributed by atoms with E-state index in [-0.39, 0.29) is 28.6 Å². The molecule has 1 unspecified atom stereocenters. The van der Waals surface area contributed by atoms with Gasteiger partial charge in [0.15, 0.2) is 0 Å². The summed E-state index contributed by atoms with van der Waals surface area (Å²) < 4.78 is 16.7. The molecule has 1 atom stereocenters. The number of carbonyl (C=O) groups excluding carboxylic acids is 2. The predicted molar refractivity (Wildman–Crippen MR) is 78.7 cm³/mol. The smallest absolute Gasteiger partial charge is 0.306 e. The highest BCUT2D eigenvalue weighted by atomic mass is 32.2. The summed E-state index contributed by atoms with van der Waals surface area (Å²) in [5, 5.41) is 2.87. The van der Waals surface area contributed by atoms with E-state index in [0.29, 0.717) is 12.2 Å². The van der Waals surface area contributed by atoms with Crippen molar-refractivity contribution in [2.45, 2.75) is 52.0 Å². The Balaban J connectivity index is 2.40. The summed E-state index contributed by atoms with van der Waals surface area (Å²) in [6.07, 6.45) is 2.89. The summed E-state index contributed by atoms with van der Waals surface area (Å²) in [5.41, 5.74) is -0.469. The summed E-state index contributed by atoms with van der Waals surface area (Å²) in [6.45, 7) is 5.87. The van der Waals surface area contributed by atoms with Crippen LogP contribution in [0, 0.1) is 5.41 Å². The van der Waals surface area contributed by atoms with Gasteiger partial charge in [-0.25, -0.2) is 0 Å². The molecule has 1 N–H and O–H groups in total. The molecule has 0 radical (unpaired) electrons. The molecule has 1 aliphatic carbocycles. The molecule has 1 rings (SSSR count). The molecule has 20 heavy (non-hydrogen) atoms. The van der Waals surface area contributed by atoms with Gasteiger partial charge < -0.3 is 10.1 Å². The zero-order valence-corrected chi connectivity index (χ0v) is 13.6. The van der Waals surface area contributed by atoms with Crippen molar-refractivity contribution in [1.29, 1.82) is 0 Å². The Morgan fingerprint density at radius 2 is 1.95 bits per heavy atom. The number of rotatable bonds is 8. The number of esters is 1. The van der Waals surface area contributed by atoms with Crippen LogP contribution in [0.2, 0.25) is 0 Å². The fourth-order valence-electron chi connectivity index (χ4n) is 1.97. The zero-order valence-electron chi connectivity index (χ0n) is 12.8. The number of methoxy groups -OCH3 is 1. The number of ether oxygens (including phenoxy) is 1. The van der Waals surface area contributed by atoms with Crippen LogP contribution in [0.4, 0.5) is 0 Å². The molecule has 1 aliphatic rings. The highest BCUT2D eigenvalue weighted by molar-refractivity contribution is 7.85. The van der Waals surface area contributed by atoms with Gasteiger partial charge in [-0.1, -0.05) is 6.92 Å². The van der Waals surface area contributed by atoms with Gasteiger partial charge in [0, 0.05) is 22.1 Å². The van der Waals surface area contributed by atoms with Gasteiger partial charge in [-0.15, -0.1) is 0 Å². The first-order valence-corrected chi connectivity index (χ1v) is 8.43. The van der Waals surface area contributed by atoms with Crippen LogP contribution in [0.5, 0.6) is 0 Å². The summed E-state index contributed by atoms with van der Waals surface area (Å²) in [6, 6.07) is 0. The standard InChI is InChI=1S/C14H25NO4S/c1-5-13(2,3)15-11(16)9-20(18)10-14(6-7-14)8-12(17)19-4/h5-10H2,1-4H3,(H,15,16). The van der Waals surface area contributed by atoms with E-state index in [1.807, 2.05) is 20.8 Å². The number of hydrogen-bond donors (Lipinski definition) is 1. The van der Waals surface area contributed by atoms with Crippen molar-refractivity contribution in [2.24, 2.45) is 5.41 Å². The molecule has 0 aromatic heterocycles. The van der Waals surface area contributed by atoms with Crippen LogP contribution in [-0.4, -0.2) is 40.2 Å². The zero-order chi connectivity index (χ0) is 15.4. The molecular weight excluding hydrogens is 278 g/mol. The maximum atomic E-state index is 12.1. The first kappa shape index (κ1) is 17.1. The minimum atomic E-state index is -1.23. The van der Waals surface area contributed by atoms with E-state index < -0.39 is 10.8 Å². The van der Waals surface area contributed by atoms with Crippen molar-refractivity contribution in [3.8, 4) is 0 Å². The van der Waals surface area contributed by atoms with Crippen LogP contribution in [0.15, 0.2) is 0 Å². The third-order valence-electron chi connectivity index (χ3n) is 3.83. The Morgan fingerprint density at radius 3 is 2.40 bits per heavy atom. The van der Waals surface area contributed by atoms with Gasteiger partial charge in [-0.2, -0.15) is 0 Å². The van der Waals surface area contributed by atoms with Crippen LogP contribution in [0.1, 0.15) is 46.5 Å². The molecular formula is C14H25NO4S. The van der Waals surface area contributed by atoms with Gasteiger partial charge in [0.1, 0.15) is 5.75 Å². The molecule has 0 spiro atoms. The molecule has 0 aromatic rings. The topological polar surface area (TPSA) is 72.5 Å². The van der Waals surface area contributed by atoms with Crippen LogP contribution < -0.4 is 5.32 Å². The molecule has 0 bridgehead atoms. The highest BCUT2D eigenvalue weighted by Gasteiger charge is 2.46. The second kappa shape index (κ2) is 6.70. The third kappa shape index (κ3) is 5.61. The Kier molecular flexibility index (Phi) is 5.74. The fraction of sp³-hybridized carbons (Fsp3) is 0.857. The Bertz CT molecular complexity index is 402. The second-order valence-corrected chi connectivity index (χ2v) is 7.72. The first-order valence-electron chi connectivity index (χ1n) is 6.95. The van der Waals surface area contributed by atoms with Gasteiger partial charge >= 0.3 is 5.97 Å². The van der Waals surface area contributed by atoms with E-state index in [0.717, 1.165) is 19.3 Å². The predicted octanol–water partition coefficient (Wildman–Crippen LogP) is 1.38. The molecule has 1 amide bonds. The Morgan fingerprint density at radius 1 is 1.35 bits per heavy atom. The van der Waals surface area contributed by atoms with Gasteiger partial charge in [-0.3, -0.25) is 13.8 Å².